The van der Waals surface area contributed by atoms with Crippen LogP contribution in [-0.4, -0.2) is 43.6 Å². The predicted octanol–water partition coefficient (Wildman–Crippen LogP) is 0.754. The van der Waals surface area contributed by atoms with Crippen molar-refractivity contribution in [2.24, 2.45) is 0 Å². The van der Waals surface area contributed by atoms with Gasteiger partial charge in [-0.2, -0.15) is 4.98 Å². The van der Waals surface area contributed by atoms with Gasteiger partial charge in [0.25, 0.3) is 11.7 Å². The second-order valence-electron chi connectivity index (χ2n) is 6.47. The molecule has 0 radical (unpaired) electrons. The molecule has 2 bridgehead atoms. The monoisotopic (exact) mass is 300 g/mol. The molecule has 4 rings (SSSR count). The summed E-state index contributed by atoms with van der Waals surface area (Å²) in [5, 5.41) is 10.9. The van der Waals surface area contributed by atoms with Gasteiger partial charge in [-0.15, -0.1) is 5.10 Å². The van der Waals surface area contributed by atoms with Gasteiger partial charge in [-0.05, 0) is 45.6 Å². The molecule has 2 fully saturated rings. The Labute approximate surface area is 128 Å². The summed E-state index contributed by atoms with van der Waals surface area (Å²) in [4.78, 5) is 21.0. The van der Waals surface area contributed by atoms with Gasteiger partial charge < -0.3 is 10.6 Å². The zero-order chi connectivity index (χ0) is 15.3. The fraction of sp³-hybridized carbons (Fsp3) is 0.600. The molecule has 2 atom stereocenters. The van der Waals surface area contributed by atoms with Gasteiger partial charge in [-0.25, -0.2) is 9.50 Å². The van der Waals surface area contributed by atoms with E-state index in [4.69, 9.17) is 0 Å². The van der Waals surface area contributed by atoms with Gasteiger partial charge >= 0.3 is 0 Å². The summed E-state index contributed by atoms with van der Waals surface area (Å²) < 4.78 is 1.62. The van der Waals surface area contributed by atoms with Gasteiger partial charge in [0, 0.05) is 29.5 Å². The van der Waals surface area contributed by atoms with Crippen molar-refractivity contribution in [1.29, 1.82) is 0 Å². The number of amides is 1. The quantitative estimate of drug-likeness (QED) is 0.855. The Balaban J connectivity index is 1.54. The van der Waals surface area contributed by atoms with Crippen molar-refractivity contribution in [1.82, 2.24) is 30.2 Å². The van der Waals surface area contributed by atoms with E-state index in [2.05, 4.69) is 25.7 Å². The minimum absolute atomic E-state index is 0.200. The van der Waals surface area contributed by atoms with Crippen molar-refractivity contribution in [3.8, 4) is 0 Å². The van der Waals surface area contributed by atoms with Crippen LogP contribution in [0.2, 0.25) is 0 Å². The molecule has 0 aromatic carbocycles. The number of aromatic nitrogens is 4. The molecule has 1 amide bonds. The average molecular weight is 300 g/mol. The molecule has 116 valence electrons. The molecular weight excluding hydrogens is 280 g/mol. The largest absolute Gasteiger partial charge is 0.346 e. The molecule has 22 heavy (non-hydrogen) atoms. The summed E-state index contributed by atoms with van der Waals surface area (Å²) in [5.74, 6) is 0.481. The van der Waals surface area contributed by atoms with Gasteiger partial charge in [-0.1, -0.05) is 0 Å². The van der Waals surface area contributed by atoms with E-state index in [1.54, 1.807) is 4.52 Å². The molecule has 2 saturated heterocycles. The lowest BCUT2D eigenvalue weighted by Crippen LogP contribution is -2.48. The molecule has 2 unspecified atom stereocenters. The first kappa shape index (κ1) is 13.6. The number of fused-ring (bicyclic) bond motifs is 3. The van der Waals surface area contributed by atoms with Crippen LogP contribution in [0.4, 0.5) is 0 Å². The van der Waals surface area contributed by atoms with E-state index in [1.807, 2.05) is 19.9 Å². The minimum atomic E-state index is -0.200. The fourth-order valence-electron chi connectivity index (χ4n) is 3.69. The number of piperidine rings is 1. The smallest absolute Gasteiger partial charge is 0.291 e. The van der Waals surface area contributed by atoms with Crippen molar-refractivity contribution < 1.29 is 4.79 Å². The van der Waals surface area contributed by atoms with Crippen LogP contribution in [0.25, 0.3) is 5.78 Å². The second kappa shape index (κ2) is 5.01. The highest BCUT2D eigenvalue weighted by atomic mass is 16.2. The van der Waals surface area contributed by atoms with Gasteiger partial charge in [0.1, 0.15) is 0 Å². The summed E-state index contributed by atoms with van der Waals surface area (Å²) in [5.41, 5.74) is 1.80. The van der Waals surface area contributed by atoms with Crippen LogP contribution in [-0.2, 0) is 0 Å². The van der Waals surface area contributed by atoms with Gasteiger partial charge in [0.2, 0.25) is 5.82 Å². The summed E-state index contributed by atoms with van der Waals surface area (Å²) in [6, 6.07) is 3.23. The molecule has 2 N–H and O–H groups in total. The lowest BCUT2D eigenvalue weighted by Gasteiger charge is -2.29. The number of nitrogens with one attached hydrogen (secondary N) is 2. The Morgan fingerprint density at radius 3 is 2.73 bits per heavy atom. The van der Waals surface area contributed by atoms with Crippen LogP contribution in [0.15, 0.2) is 6.07 Å². The van der Waals surface area contributed by atoms with Crippen molar-refractivity contribution in [3.63, 3.8) is 0 Å². The molecule has 0 aliphatic carbocycles. The molecular formula is C15H20N6O. The first-order valence-corrected chi connectivity index (χ1v) is 7.86. The molecule has 0 spiro atoms. The van der Waals surface area contributed by atoms with Crippen LogP contribution in [0, 0.1) is 13.8 Å². The van der Waals surface area contributed by atoms with Crippen LogP contribution in [0.5, 0.6) is 0 Å². The maximum Gasteiger partial charge on any atom is 0.291 e. The van der Waals surface area contributed by atoms with Crippen LogP contribution in [0.3, 0.4) is 0 Å². The Morgan fingerprint density at radius 2 is 2.00 bits per heavy atom. The molecule has 7 heteroatoms. The predicted molar refractivity (Wildman–Crippen MR) is 80.7 cm³/mol. The fourth-order valence-corrected chi connectivity index (χ4v) is 3.69. The zero-order valence-electron chi connectivity index (χ0n) is 12.8. The normalized spacial score (nSPS) is 27.3. The Kier molecular flexibility index (Phi) is 3.11. The summed E-state index contributed by atoms with van der Waals surface area (Å²) in [6.07, 6.45) is 4.41. The number of rotatable bonds is 2. The maximum atomic E-state index is 12.4. The third kappa shape index (κ3) is 2.35. The van der Waals surface area contributed by atoms with E-state index < -0.39 is 0 Å². The highest BCUT2D eigenvalue weighted by molar-refractivity contribution is 5.91. The maximum absolute atomic E-state index is 12.4. The van der Waals surface area contributed by atoms with Gasteiger partial charge in [0.05, 0.1) is 0 Å². The third-order valence-electron chi connectivity index (χ3n) is 4.63. The lowest BCUT2D eigenvalue weighted by molar-refractivity contribution is 0.0913. The molecule has 2 aliphatic rings. The molecule has 2 aromatic heterocycles. The molecule has 4 heterocycles. The number of hydrogen-bond donors (Lipinski definition) is 2. The SMILES string of the molecule is Cc1cc(C)n2nc(C(=O)NC3CC4CCC(C3)N4)nc2n1. The van der Waals surface area contributed by atoms with E-state index >= 15 is 0 Å². The zero-order valence-corrected chi connectivity index (χ0v) is 12.8. The van der Waals surface area contributed by atoms with E-state index in [-0.39, 0.29) is 17.8 Å². The third-order valence-corrected chi connectivity index (χ3v) is 4.63. The Hall–Kier alpha value is -2.02. The number of hydrogen-bond acceptors (Lipinski definition) is 5. The van der Waals surface area contributed by atoms with Crippen LogP contribution < -0.4 is 10.6 Å². The molecule has 7 nitrogen and oxygen atoms in total. The average Bonchev–Trinajstić information content (AvgIpc) is 3.02. The number of carbonyl (C=O) groups excluding carboxylic acids is 1. The van der Waals surface area contributed by atoms with Crippen molar-refractivity contribution in [2.45, 2.75) is 57.7 Å². The summed E-state index contributed by atoms with van der Waals surface area (Å²) in [7, 11) is 0. The highest BCUT2D eigenvalue weighted by Crippen LogP contribution is 2.26. The minimum Gasteiger partial charge on any atom is -0.346 e. The first-order chi connectivity index (χ1) is 10.6. The van der Waals surface area contributed by atoms with Crippen LogP contribution in [0.1, 0.15) is 47.7 Å². The topological polar surface area (TPSA) is 84.2 Å². The van der Waals surface area contributed by atoms with Crippen LogP contribution >= 0.6 is 0 Å². The first-order valence-electron chi connectivity index (χ1n) is 7.86. The second-order valence-corrected chi connectivity index (χ2v) is 6.47. The summed E-state index contributed by atoms with van der Waals surface area (Å²) >= 11 is 0. The molecule has 2 aliphatic heterocycles. The van der Waals surface area contributed by atoms with Gasteiger partial charge in [0.15, 0.2) is 0 Å². The van der Waals surface area contributed by atoms with E-state index in [9.17, 15) is 4.79 Å². The number of aryl methyl sites for hydroxylation is 2. The highest BCUT2D eigenvalue weighted by Gasteiger charge is 2.34. The standard InChI is InChI=1S/C15H20N6O/c1-8-5-9(2)21-15(16-8)19-13(20-21)14(22)18-12-6-10-3-4-11(7-12)17-10/h5,10-12,17H,3-4,6-7H2,1-2H3,(H,18,22). The van der Waals surface area contributed by atoms with Gasteiger partial charge in [-0.3, -0.25) is 4.79 Å². The van der Waals surface area contributed by atoms with Crippen molar-refractivity contribution in [3.05, 3.63) is 23.3 Å². The Morgan fingerprint density at radius 1 is 1.27 bits per heavy atom. The van der Waals surface area contributed by atoms with E-state index in [0.717, 1.165) is 24.2 Å². The van der Waals surface area contributed by atoms with Crippen molar-refractivity contribution >= 4 is 11.7 Å². The lowest BCUT2D eigenvalue weighted by atomic mass is 10.00. The number of nitrogens with zero attached hydrogens (tertiary/aromatic N) is 4. The van der Waals surface area contributed by atoms with E-state index in [0.29, 0.717) is 17.9 Å². The van der Waals surface area contributed by atoms with Crippen molar-refractivity contribution in [2.75, 3.05) is 0 Å². The summed E-state index contributed by atoms with van der Waals surface area (Å²) in [6.45, 7) is 3.84. The van der Waals surface area contributed by atoms with E-state index in [1.165, 1.54) is 12.8 Å². The number of carbonyl (C=O) groups is 1. The molecule has 0 saturated carbocycles. The Bertz CT molecular complexity index is 727. The molecule has 2 aromatic rings.